The zero-order valence-electron chi connectivity index (χ0n) is 12.2. The van der Waals surface area contributed by atoms with Gasteiger partial charge in [-0.3, -0.25) is 0 Å². The van der Waals surface area contributed by atoms with Crippen LogP contribution in [0, 0.1) is 0 Å². The first-order chi connectivity index (χ1) is 10.8. The Morgan fingerprint density at radius 2 is 1.78 bits per heavy atom. The minimum Gasteiger partial charge on any atom is -0.504 e. The lowest BCUT2D eigenvalue weighted by Crippen LogP contribution is -2.27. The second-order valence-corrected chi connectivity index (χ2v) is 4.33. The summed E-state index contributed by atoms with van der Waals surface area (Å²) < 4.78 is 54.5. The molecule has 9 heteroatoms. The van der Waals surface area contributed by atoms with E-state index in [0.717, 1.165) is 6.07 Å². The molecule has 6 nitrogen and oxygen atoms in total. The number of halogens is 3. The fourth-order valence-corrected chi connectivity index (χ4v) is 1.73. The molecule has 1 atom stereocenters. The van der Waals surface area contributed by atoms with Gasteiger partial charge in [-0.25, -0.2) is 0 Å². The number of alkyl halides is 3. The number of hydrogen-bond acceptors (Lipinski definition) is 6. The predicted octanol–water partition coefficient (Wildman–Crippen LogP) is 2.88. The fourth-order valence-electron chi connectivity index (χ4n) is 1.73. The second-order valence-electron chi connectivity index (χ2n) is 4.33. The van der Waals surface area contributed by atoms with Crippen LogP contribution in [-0.2, 0) is 0 Å². The number of phenolic OH excluding ortho intramolecular Hbond substituents is 1. The molecule has 0 aliphatic rings. The summed E-state index contributed by atoms with van der Waals surface area (Å²) in [7, 11) is 2.46. The molecule has 0 saturated heterocycles. The highest BCUT2D eigenvalue weighted by Crippen LogP contribution is 2.39. The van der Waals surface area contributed by atoms with Crippen LogP contribution in [0.3, 0.4) is 0 Å². The van der Waals surface area contributed by atoms with E-state index in [1.165, 1.54) is 38.5 Å². The normalized spacial score (nSPS) is 12.6. The van der Waals surface area contributed by atoms with Gasteiger partial charge in [0.25, 0.3) is 0 Å². The lowest BCUT2D eigenvalue weighted by atomic mass is 10.2. The molecule has 0 aliphatic heterocycles. The van der Waals surface area contributed by atoms with Crippen molar-refractivity contribution in [3.05, 3.63) is 36.0 Å². The summed E-state index contributed by atoms with van der Waals surface area (Å²) in [5, 5.41) is 9.60. The summed E-state index contributed by atoms with van der Waals surface area (Å²) in [6, 6.07) is 6.01. The van der Waals surface area contributed by atoms with Gasteiger partial charge in [0.2, 0.25) is 12.0 Å². The number of methoxy groups -OCH3 is 2. The molecular weight excluding hydrogens is 317 g/mol. The van der Waals surface area contributed by atoms with Gasteiger partial charge in [0.1, 0.15) is 5.69 Å². The first-order valence-corrected chi connectivity index (χ1v) is 6.33. The van der Waals surface area contributed by atoms with E-state index in [1.807, 2.05) is 0 Å². The predicted molar refractivity (Wildman–Crippen MR) is 72.7 cm³/mol. The van der Waals surface area contributed by atoms with Crippen molar-refractivity contribution < 1.29 is 32.5 Å². The van der Waals surface area contributed by atoms with E-state index in [1.54, 1.807) is 0 Å². The van der Waals surface area contributed by atoms with Crippen LogP contribution in [0.25, 0.3) is 0 Å². The van der Waals surface area contributed by atoms with Gasteiger partial charge in [0.05, 0.1) is 14.2 Å². The summed E-state index contributed by atoms with van der Waals surface area (Å²) >= 11 is 0. The topological polar surface area (TPSA) is 73.7 Å². The number of aromatic hydroxyl groups is 1. The Hall–Kier alpha value is -2.71. The first kappa shape index (κ1) is 16.7. The van der Waals surface area contributed by atoms with E-state index >= 15 is 0 Å². The van der Waals surface area contributed by atoms with E-state index in [-0.39, 0.29) is 17.6 Å². The third kappa shape index (κ3) is 3.93. The molecule has 0 spiro atoms. The van der Waals surface area contributed by atoms with Gasteiger partial charge in [-0.15, -0.1) is 0 Å². The number of rotatable bonds is 5. The number of aromatic nitrogens is 2. The molecule has 23 heavy (non-hydrogen) atoms. The molecule has 1 unspecified atom stereocenters. The molecule has 2 aromatic rings. The van der Waals surface area contributed by atoms with Crippen molar-refractivity contribution in [2.45, 2.75) is 12.3 Å². The van der Waals surface area contributed by atoms with Crippen LogP contribution in [-0.4, -0.2) is 35.5 Å². The third-order valence-electron chi connectivity index (χ3n) is 2.77. The van der Waals surface area contributed by atoms with E-state index < -0.39 is 23.7 Å². The van der Waals surface area contributed by atoms with Gasteiger partial charge in [-0.1, -0.05) is 12.1 Å². The van der Waals surface area contributed by atoms with Crippen molar-refractivity contribution in [2.24, 2.45) is 0 Å². The van der Waals surface area contributed by atoms with Crippen LogP contribution in [0.2, 0.25) is 0 Å². The second kappa shape index (κ2) is 6.59. The van der Waals surface area contributed by atoms with Gasteiger partial charge in [0.15, 0.2) is 11.5 Å². The molecule has 2 rings (SSSR count). The molecule has 1 heterocycles. The molecule has 0 amide bonds. The Labute approximate surface area is 129 Å². The van der Waals surface area contributed by atoms with E-state index in [9.17, 15) is 18.3 Å². The molecule has 0 aliphatic carbocycles. The molecule has 0 saturated carbocycles. The smallest absolute Gasteiger partial charge is 0.431 e. The fraction of sp³-hybridized carbons (Fsp3) is 0.286. The SMILES string of the molecule is COc1cc(C(Oc2ccccc2O)C(F)(F)F)nc(OC)n1. The summed E-state index contributed by atoms with van der Waals surface area (Å²) in [4.78, 5) is 7.38. The molecule has 124 valence electrons. The standard InChI is InChI=1S/C14H13F3N2O4/c1-21-11-7-8(18-13(19-11)22-2)12(14(15,16)17)23-10-6-4-3-5-9(10)20/h3-7,12,20H,1-2H3. The van der Waals surface area contributed by atoms with Crippen molar-refractivity contribution in [1.29, 1.82) is 0 Å². The van der Waals surface area contributed by atoms with Crippen molar-refractivity contribution in [3.8, 4) is 23.4 Å². The number of ether oxygens (including phenoxy) is 3. The highest BCUT2D eigenvalue weighted by molar-refractivity contribution is 5.38. The van der Waals surface area contributed by atoms with Gasteiger partial charge in [-0.2, -0.15) is 23.1 Å². The van der Waals surface area contributed by atoms with Crippen molar-refractivity contribution in [3.63, 3.8) is 0 Å². The molecule has 1 N–H and O–H groups in total. The highest BCUT2D eigenvalue weighted by Gasteiger charge is 2.45. The zero-order valence-corrected chi connectivity index (χ0v) is 12.2. The third-order valence-corrected chi connectivity index (χ3v) is 2.77. The summed E-state index contributed by atoms with van der Waals surface area (Å²) in [5.74, 6) is -0.858. The molecule has 1 aromatic heterocycles. The van der Waals surface area contributed by atoms with Crippen LogP contribution < -0.4 is 14.2 Å². The van der Waals surface area contributed by atoms with Gasteiger partial charge < -0.3 is 19.3 Å². The molecule has 0 radical (unpaired) electrons. The number of para-hydroxylation sites is 2. The monoisotopic (exact) mass is 330 g/mol. The largest absolute Gasteiger partial charge is 0.504 e. The summed E-state index contributed by atoms with van der Waals surface area (Å²) in [5.41, 5.74) is -0.510. The molecule has 1 aromatic carbocycles. The van der Waals surface area contributed by atoms with Gasteiger partial charge in [-0.05, 0) is 12.1 Å². The van der Waals surface area contributed by atoms with Crippen LogP contribution in [0.15, 0.2) is 30.3 Å². The van der Waals surface area contributed by atoms with Crippen molar-refractivity contribution in [1.82, 2.24) is 9.97 Å². The first-order valence-electron chi connectivity index (χ1n) is 6.33. The average Bonchev–Trinajstić information content (AvgIpc) is 2.52. The van der Waals surface area contributed by atoms with Crippen LogP contribution in [0.4, 0.5) is 13.2 Å². The Bertz CT molecular complexity index is 657. The summed E-state index contributed by atoms with van der Waals surface area (Å²) in [6.07, 6.45) is -7.21. The van der Waals surface area contributed by atoms with E-state index in [4.69, 9.17) is 14.2 Å². The number of hydrogen-bond donors (Lipinski definition) is 1. The van der Waals surface area contributed by atoms with E-state index in [0.29, 0.717) is 0 Å². The molecule has 0 bridgehead atoms. The maximum atomic E-state index is 13.3. The lowest BCUT2D eigenvalue weighted by molar-refractivity contribution is -0.199. The maximum Gasteiger partial charge on any atom is 0.431 e. The Kier molecular flexibility index (Phi) is 4.77. The summed E-state index contributed by atoms with van der Waals surface area (Å²) in [6.45, 7) is 0. The highest BCUT2D eigenvalue weighted by atomic mass is 19.4. The Morgan fingerprint density at radius 3 is 2.35 bits per heavy atom. The Balaban J connectivity index is 2.46. The minimum atomic E-state index is -4.79. The van der Waals surface area contributed by atoms with Crippen LogP contribution in [0.1, 0.15) is 11.8 Å². The van der Waals surface area contributed by atoms with Crippen LogP contribution >= 0.6 is 0 Å². The molecule has 0 fully saturated rings. The maximum absolute atomic E-state index is 13.3. The van der Waals surface area contributed by atoms with Crippen molar-refractivity contribution >= 4 is 0 Å². The zero-order chi connectivity index (χ0) is 17.0. The quantitative estimate of drug-likeness (QED) is 0.909. The van der Waals surface area contributed by atoms with Crippen molar-refractivity contribution in [2.75, 3.05) is 14.2 Å². The van der Waals surface area contributed by atoms with Crippen LogP contribution in [0.5, 0.6) is 23.4 Å². The lowest BCUT2D eigenvalue weighted by Gasteiger charge is -2.22. The average molecular weight is 330 g/mol. The van der Waals surface area contributed by atoms with E-state index in [2.05, 4.69) is 9.97 Å². The number of benzene rings is 1. The minimum absolute atomic E-state index is 0.109. The molecular formula is C14H13F3N2O4. The number of phenols is 1. The Morgan fingerprint density at radius 1 is 1.09 bits per heavy atom. The van der Waals surface area contributed by atoms with Gasteiger partial charge in [0, 0.05) is 6.07 Å². The van der Waals surface area contributed by atoms with Gasteiger partial charge >= 0.3 is 12.2 Å². The number of nitrogens with zero attached hydrogens (tertiary/aromatic N) is 2.